The van der Waals surface area contributed by atoms with Gasteiger partial charge in [-0.05, 0) is 0 Å². The van der Waals surface area contributed by atoms with Crippen molar-refractivity contribution in [1.29, 1.82) is 0 Å². The summed E-state index contributed by atoms with van der Waals surface area (Å²) in [7, 11) is 0. The van der Waals surface area contributed by atoms with Crippen molar-refractivity contribution < 1.29 is 5.11 Å². The average Bonchev–Trinajstić information content (AvgIpc) is 0.918. The maximum Gasteiger partial charge on any atom is 0.0719 e. The molecule has 0 saturated carbocycles. The van der Waals surface area contributed by atoms with Crippen LogP contribution in [0.15, 0.2) is 12.8 Å². The van der Waals surface area contributed by atoms with Gasteiger partial charge in [-0.25, -0.2) is 0 Å². The van der Waals surface area contributed by atoms with Crippen LogP contribution in [0.3, 0.4) is 0 Å². The molecular formula is C2H4ORf. The van der Waals surface area contributed by atoms with Crippen molar-refractivity contribution in [2.24, 2.45) is 0 Å². The van der Waals surface area contributed by atoms with Crippen molar-refractivity contribution in [3.8, 4) is 0 Å². The number of hydrogen-bond donors (Lipinski definition) is 1. The first-order valence-electron chi connectivity index (χ1n) is 0.666. The molecule has 0 spiro atoms. The minimum atomic E-state index is 0. The van der Waals surface area contributed by atoms with Gasteiger partial charge in [0.25, 0.3) is 0 Å². The predicted octanol–water partition coefficient (Wildman–Crippen LogP) is 0.688. The summed E-state index contributed by atoms with van der Waals surface area (Å²) in [5.74, 6) is 0. The normalized spacial score (nSPS) is 3.00. The minimum Gasteiger partial charge on any atom is -0.516 e. The van der Waals surface area contributed by atoms with E-state index in [1.807, 2.05) is 0 Å². The zero-order valence-electron chi connectivity index (χ0n) is 2.44. The maximum atomic E-state index is 7.33. The molecule has 1 nitrogen and oxygen atoms in total. The summed E-state index contributed by atoms with van der Waals surface area (Å²) in [6.07, 6.45) is 0.750. The summed E-state index contributed by atoms with van der Waals surface area (Å²) in [6.45, 7) is 2.92. The monoisotopic (exact) mass is 311 g/mol. The Kier molecular flexibility index (Phi) is 11.0. The van der Waals surface area contributed by atoms with Gasteiger partial charge < -0.3 is 5.11 Å². The zero-order valence-corrected chi connectivity index (χ0v) is 8.84. The first-order valence-corrected chi connectivity index (χ1v) is 0.666. The molecule has 2 heteroatoms. The fourth-order valence-corrected chi connectivity index (χ4v) is 0. The summed E-state index contributed by atoms with van der Waals surface area (Å²) >= 11 is 0. The zero-order chi connectivity index (χ0) is 2.71. The Bertz CT molecular complexity index is 13.5. The molecule has 0 unspecified atom stereocenters. The molecule has 20 valence electrons. The van der Waals surface area contributed by atoms with Gasteiger partial charge in [0, 0.05) is 0 Å². The molecule has 0 atom stereocenters. The third kappa shape index (κ3) is 0.0536. The van der Waals surface area contributed by atoms with Gasteiger partial charge in [0.1, 0.15) is 0 Å². The third-order valence-corrected chi connectivity index (χ3v) is 0. The van der Waals surface area contributed by atoms with Gasteiger partial charge in [0.05, 0.1) is 6.26 Å². The Labute approximate surface area is 19.2 Å². The van der Waals surface area contributed by atoms with E-state index in [-0.39, 0.29) is 0 Å². The second-order valence-corrected chi connectivity index (χ2v) is 0.183. The topological polar surface area (TPSA) is 20.2 Å². The van der Waals surface area contributed by atoms with Crippen LogP contribution in [-0.4, -0.2) is 5.11 Å². The van der Waals surface area contributed by atoms with E-state index in [1.54, 1.807) is 0 Å². The molecule has 0 aromatic rings. The first kappa shape index (κ1) is 20.7. The van der Waals surface area contributed by atoms with E-state index >= 15 is 0 Å². The molecule has 4 heavy (non-hydrogen) atoms. The van der Waals surface area contributed by atoms with E-state index in [2.05, 4.69) is 6.58 Å². The number of rotatable bonds is 0. The summed E-state index contributed by atoms with van der Waals surface area (Å²) in [4.78, 5) is 0. The quantitative estimate of drug-likeness (QED) is 0.653. The van der Waals surface area contributed by atoms with Crippen LogP contribution in [0.5, 0.6) is 0 Å². The van der Waals surface area contributed by atoms with Gasteiger partial charge in [0.2, 0.25) is 0 Å². The van der Waals surface area contributed by atoms with Crippen molar-refractivity contribution in [2.75, 3.05) is 0 Å². The largest absolute Gasteiger partial charge is 0.516 e. The molecule has 0 aliphatic rings. The minimum absolute atomic E-state index is 0. The van der Waals surface area contributed by atoms with E-state index in [0.29, 0.717) is 0 Å². The van der Waals surface area contributed by atoms with E-state index < -0.39 is 0 Å². The first-order chi connectivity index (χ1) is 1.41. The smallest absolute Gasteiger partial charge is 0.0719 e. The number of aliphatic hydroxyl groups excluding tert-OH is 1. The van der Waals surface area contributed by atoms with Crippen molar-refractivity contribution in [2.45, 2.75) is 0 Å². The van der Waals surface area contributed by atoms with Gasteiger partial charge in [-0.15, -0.1) is 0 Å². The molecule has 0 aromatic heterocycles. The fraction of sp³-hybridized carbons (Fsp3) is 0. The standard InChI is InChI=1S/C2H4O.Rf/c1-2-3;/h2-3H,1H2;. The summed E-state index contributed by atoms with van der Waals surface area (Å²) in [6, 6.07) is 0. The number of hydrogen-bond acceptors (Lipinski definition) is 1. The van der Waals surface area contributed by atoms with Crippen LogP contribution in [0.1, 0.15) is 0 Å². The maximum absolute atomic E-state index is 7.33. The molecular weight excluding hydrogens is 307 g/mol. The Morgan fingerprint density at radius 1 is 1.75 bits per heavy atom. The molecule has 0 heterocycles. The summed E-state index contributed by atoms with van der Waals surface area (Å²) in [5.41, 5.74) is 0. The second-order valence-electron chi connectivity index (χ2n) is 0.183. The third-order valence-electron chi connectivity index (χ3n) is 0. The number of aliphatic hydroxyl groups is 1. The Balaban J connectivity index is 0. The van der Waals surface area contributed by atoms with Crippen LogP contribution in [0.4, 0.5) is 0 Å². The van der Waals surface area contributed by atoms with Crippen LogP contribution >= 0.6 is 0 Å². The van der Waals surface area contributed by atoms with Crippen molar-refractivity contribution >= 4 is 0 Å². The van der Waals surface area contributed by atoms with Crippen LogP contribution in [0, 0.1) is 0 Å². The Hall–Kier alpha value is -1.46. The molecule has 0 radical (unpaired) electrons. The van der Waals surface area contributed by atoms with Crippen LogP contribution in [-0.2, 0) is 0 Å². The molecule has 0 aliphatic carbocycles. The SMILES string of the molecule is C=CO.[Rf]. The fourth-order valence-electron chi connectivity index (χ4n) is 0. The molecule has 1 N–H and O–H groups in total. The van der Waals surface area contributed by atoms with Crippen LogP contribution < -0.4 is 0 Å². The second kappa shape index (κ2) is 2.12. The average molecular weight is 311 g/mol. The van der Waals surface area contributed by atoms with Crippen LogP contribution in [0.25, 0.3) is 0 Å². The molecule has 0 aromatic carbocycles. The van der Waals surface area contributed by atoms with E-state index in [0.717, 1.165) is 6.26 Å². The van der Waals surface area contributed by atoms with Gasteiger partial charge in [-0.2, -0.15) is 0 Å². The van der Waals surface area contributed by atoms with E-state index in [1.165, 1.54) is 0 Å². The van der Waals surface area contributed by atoms with E-state index in [4.69, 9.17) is 5.11 Å². The predicted molar refractivity (Wildman–Crippen MR) is 12.8 cm³/mol. The molecule has 0 amide bonds. The van der Waals surface area contributed by atoms with Crippen molar-refractivity contribution in [1.82, 2.24) is 0 Å². The summed E-state index contributed by atoms with van der Waals surface area (Å²) < 4.78 is 0. The molecule has 0 fully saturated rings. The van der Waals surface area contributed by atoms with Gasteiger partial charge in [0.15, 0.2) is 0 Å². The van der Waals surface area contributed by atoms with Gasteiger partial charge in [-0.3, -0.25) is 0 Å². The van der Waals surface area contributed by atoms with Crippen LogP contribution in [0.2, 0.25) is 0 Å². The van der Waals surface area contributed by atoms with Gasteiger partial charge >= 0.3 is 0 Å². The van der Waals surface area contributed by atoms with Crippen molar-refractivity contribution in [3.63, 3.8) is 0 Å². The van der Waals surface area contributed by atoms with Gasteiger partial charge in [-0.1, -0.05) is 6.58 Å². The molecule has 0 bridgehead atoms. The Morgan fingerprint density at radius 2 is 1.75 bits per heavy atom. The van der Waals surface area contributed by atoms with Crippen molar-refractivity contribution in [3.05, 3.63) is 12.8 Å². The molecule has 0 saturated heterocycles. The Morgan fingerprint density at radius 3 is 1.75 bits per heavy atom. The van der Waals surface area contributed by atoms with E-state index in [9.17, 15) is 0 Å². The summed E-state index contributed by atoms with van der Waals surface area (Å²) in [5, 5.41) is 7.33. The molecule has 0 aliphatic heterocycles. The molecule has 0 rings (SSSR count).